The molecule has 0 fully saturated rings. The highest BCUT2D eigenvalue weighted by Gasteiger charge is 2.13. The van der Waals surface area contributed by atoms with Crippen LogP contribution in [-0.4, -0.2) is 26.3 Å². The molecule has 0 aromatic rings. The van der Waals surface area contributed by atoms with Gasteiger partial charge in [-0.1, -0.05) is 95.4 Å². The summed E-state index contributed by atoms with van der Waals surface area (Å²) < 4.78 is 5.77. The molecule has 0 atom stereocenters. The molecule has 0 rings (SSSR count). The first-order valence-corrected chi connectivity index (χ1v) is 10.6. The minimum absolute atomic E-state index is 0.284. The summed E-state index contributed by atoms with van der Waals surface area (Å²) in [5, 5.41) is 0. The van der Waals surface area contributed by atoms with Crippen molar-refractivity contribution in [2.45, 2.75) is 74.0 Å². The van der Waals surface area contributed by atoms with Crippen LogP contribution in [0, 0.1) is 0 Å². The van der Waals surface area contributed by atoms with E-state index in [0.717, 1.165) is 18.8 Å². The molecule has 0 aliphatic rings. The molecule has 120 valence electrons. The molecular formula is C16H32Br2OSi. The second-order valence-corrected chi connectivity index (χ2v) is 15.2. The van der Waals surface area contributed by atoms with Gasteiger partial charge < -0.3 is 4.74 Å². The number of rotatable bonds is 14. The average Bonchev–Trinajstić information content (AvgIpc) is 2.33. The molecule has 0 N–H and O–H groups in total. The lowest BCUT2D eigenvalue weighted by Crippen LogP contribution is -2.09. The summed E-state index contributed by atoms with van der Waals surface area (Å²) in [7, 11) is 1.17. The molecule has 0 amide bonds. The first-order valence-electron chi connectivity index (χ1n) is 8.02. The van der Waals surface area contributed by atoms with Gasteiger partial charge in [0.2, 0.25) is 0 Å². The standard InChI is InChI=1S/C16H32Br2OSi/c1-15(2)14-19-13-11-9-7-5-3-4-6-8-10-12-16(17,18)20/h1,3-14H2,2,20H3. The smallest absolute Gasteiger partial charge is 0.0671 e. The number of alkyl halides is 2. The zero-order valence-electron chi connectivity index (χ0n) is 13.4. The van der Waals surface area contributed by atoms with E-state index in [1.54, 1.807) is 0 Å². The lowest BCUT2D eigenvalue weighted by Gasteiger charge is -2.13. The van der Waals surface area contributed by atoms with E-state index in [0.29, 0.717) is 0 Å². The Morgan fingerprint density at radius 1 is 0.950 bits per heavy atom. The van der Waals surface area contributed by atoms with Gasteiger partial charge in [-0.25, -0.2) is 0 Å². The summed E-state index contributed by atoms with van der Waals surface area (Å²) in [6, 6.07) is 0. The number of hydrogen-bond acceptors (Lipinski definition) is 1. The minimum atomic E-state index is 0.284. The normalized spacial score (nSPS) is 11.9. The summed E-state index contributed by atoms with van der Waals surface area (Å²) in [4.78, 5) is 0. The Morgan fingerprint density at radius 3 is 1.85 bits per heavy atom. The third kappa shape index (κ3) is 18.9. The van der Waals surface area contributed by atoms with Gasteiger partial charge in [0.05, 0.1) is 9.46 Å². The molecule has 0 saturated heterocycles. The van der Waals surface area contributed by atoms with E-state index < -0.39 is 0 Å². The number of halogens is 2. The van der Waals surface area contributed by atoms with Crippen molar-refractivity contribution in [1.82, 2.24) is 0 Å². The van der Waals surface area contributed by atoms with Crippen molar-refractivity contribution in [2.75, 3.05) is 13.2 Å². The van der Waals surface area contributed by atoms with Crippen molar-refractivity contribution in [2.24, 2.45) is 0 Å². The van der Waals surface area contributed by atoms with Crippen molar-refractivity contribution in [3.05, 3.63) is 12.2 Å². The Balaban J connectivity index is 3.05. The predicted octanol–water partition coefficient (Wildman–Crippen LogP) is 5.29. The maximum absolute atomic E-state index is 5.49. The fourth-order valence-corrected chi connectivity index (χ4v) is 3.04. The lowest BCUT2D eigenvalue weighted by molar-refractivity contribution is 0.151. The Labute approximate surface area is 146 Å². The number of ether oxygens (including phenoxy) is 1. The molecule has 20 heavy (non-hydrogen) atoms. The van der Waals surface area contributed by atoms with E-state index in [9.17, 15) is 0 Å². The Hall–Kier alpha value is 0.877. The highest BCUT2D eigenvalue weighted by atomic mass is 79.9. The van der Waals surface area contributed by atoms with Gasteiger partial charge in [0, 0.05) is 16.8 Å². The van der Waals surface area contributed by atoms with Crippen LogP contribution in [0.2, 0.25) is 0 Å². The van der Waals surface area contributed by atoms with E-state index in [1.165, 1.54) is 74.5 Å². The van der Waals surface area contributed by atoms with E-state index >= 15 is 0 Å². The molecule has 0 bridgehead atoms. The summed E-state index contributed by atoms with van der Waals surface area (Å²) in [6.07, 6.45) is 13.5. The van der Waals surface area contributed by atoms with E-state index in [4.69, 9.17) is 4.74 Å². The van der Waals surface area contributed by atoms with Crippen LogP contribution in [0.15, 0.2) is 12.2 Å². The largest absolute Gasteiger partial charge is 0.377 e. The number of unbranched alkanes of at least 4 members (excludes halogenated alkanes) is 8. The summed E-state index contributed by atoms with van der Waals surface area (Å²) >= 11 is 7.36. The van der Waals surface area contributed by atoms with Gasteiger partial charge in [0.1, 0.15) is 0 Å². The van der Waals surface area contributed by atoms with Gasteiger partial charge in [-0.05, 0) is 19.8 Å². The minimum Gasteiger partial charge on any atom is -0.377 e. The molecule has 0 aromatic heterocycles. The molecule has 0 saturated carbocycles. The van der Waals surface area contributed by atoms with Crippen LogP contribution in [0.5, 0.6) is 0 Å². The van der Waals surface area contributed by atoms with E-state index in [1.807, 2.05) is 6.92 Å². The summed E-state index contributed by atoms with van der Waals surface area (Å²) in [5.74, 6) is 0. The fraction of sp³-hybridized carbons (Fsp3) is 0.875. The van der Waals surface area contributed by atoms with E-state index in [-0.39, 0.29) is 2.86 Å². The average molecular weight is 428 g/mol. The van der Waals surface area contributed by atoms with Crippen molar-refractivity contribution in [3.8, 4) is 0 Å². The molecule has 0 spiro atoms. The topological polar surface area (TPSA) is 9.23 Å². The van der Waals surface area contributed by atoms with Crippen LogP contribution in [0.4, 0.5) is 0 Å². The predicted molar refractivity (Wildman–Crippen MR) is 102 cm³/mol. The first kappa shape index (κ1) is 20.9. The van der Waals surface area contributed by atoms with Crippen LogP contribution in [-0.2, 0) is 4.74 Å². The highest BCUT2D eigenvalue weighted by Crippen LogP contribution is 2.28. The Morgan fingerprint density at radius 2 is 1.40 bits per heavy atom. The van der Waals surface area contributed by atoms with Gasteiger partial charge in [0.15, 0.2) is 0 Å². The Bertz CT molecular complexity index is 239. The number of hydrogen-bond donors (Lipinski definition) is 0. The third-order valence-electron chi connectivity index (χ3n) is 3.25. The van der Waals surface area contributed by atoms with Crippen molar-refractivity contribution in [1.29, 1.82) is 0 Å². The quantitative estimate of drug-likeness (QED) is 0.158. The maximum atomic E-state index is 5.49. The van der Waals surface area contributed by atoms with Crippen LogP contribution in [0.1, 0.15) is 71.1 Å². The van der Waals surface area contributed by atoms with Gasteiger partial charge in [-0.15, -0.1) is 0 Å². The van der Waals surface area contributed by atoms with Crippen LogP contribution in [0.3, 0.4) is 0 Å². The Kier molecular flexibility index (Phi) is 14.1. The monoisotopic (exact) mass is 426 g/mol. The third-order valence-corrected chi connectivity index (χ3v) is 4.55. The molecule has 0 aliphatic carbocycles. The molecule has 0 radical (unpaired) electrons. The molecular weight excluding hydrogens is 396 g/mol. The van der Waals surface area contributed by atoms with Crippen molar-refractivity contribution < 1.29 is 4.74 Å². The van der Waals surface area contributed by atoms with Crippen LogP contribution in [0.25, 0.3) is 0 Å². The summed E-state index contributed by atoms with van der Waals surface area (Å²) in [5.41, 5.74) is 1.12. The van der Waals surface area contributed by atoms with Gasteiger partial charge in [-0.3, -0.25) is 0 Å². The fourth-order valence-electron chi connectivity index (χ4n) is 2.12. The SMILES string of the molecule is C=C(C)COCCCCCCCCCCCC([SiH3])(Br)Br. The zero-order chi connectivity index (χ0) is 15.3. The highest BCUT2D eigenvalue weighted by molar-refractivity contribution is 9.26. The van der Waals surface area contributed by atoms with Crippen LogP contribution >= 0.6 is 31.9 Å². The van der Waals surface area contributed by atoms with Crippen LogP contribution < -0.4 is 0 Å². The molecule has 0 aliphatic heterocycles. The molecule has 1 nitrogen and oxygen atoms in total. The second kappa shape index (κ2) is 13.5. The van der Waals surface area contributed by atoms with Crippen molar-refractivity contribution >= 4 is 42.1 Å². The lowest BCUT2D eigenvalue weighted by atomic mass is 10.1. The van der Waals surface area contributed by atoms with Gasteiger partial charge >= 0.3 is 0 Å². The maximum Gasteiger partial charge on any atom is 0.0671 e. The molecule has 0 heterocycles. The second-order valence-electron chi connectivity index (χ2n) is 6.01. The molecule has 0 aromatic carbocycles. The zero-order valence-corrected chi connectivity index (χ0v) is 18.5. The molecule has 0 unspecified atom stereocenters. The first-order chi connectivity index (χ1) is 9.42. The van der Waals surface area contributed by atoms with Gasteiger partial charge in [0.25, 0.3) is 0 Å². The van der Waals surface area contributed by atoms with E-state index in [2.05, 4.69) is 38.4 Å². The summed E-state index contributed by atoms with van der Waals surface area (Å²) in [6.45, 7) is 7.46. The van der Waals surface area contributed by atoms with Gasteiger partial charge in [-0.2, -0.15) is 0 Å². The molecule has 4 heteroatoms. The van der Waals surface area contributed by atoms with Crippen molar-refractivity contribution in [3.63, 3.8) is 0 Å².